The maximum absolute atomic E-state index is 5.82. The first-order chi connectivity index (χ1) is 9.86. The highest BCUT2D eigenvalue weighted by molar-refractivity contribution is 5.34. The second-order valence-corrected chi connectivity index (χ2v) is 5.84. The van der Waals surface area contributed by atoms with Gasteiger partial charge in [0.15, 0.2) is 0 Å². The highest BCUT2D eigenvalue weighted by Crippen LogP contribution is 2.39. The molecule has 2 rings (SSSR count). The van der Waals surface area contributed by atoms with Crippen molar-refractivity contribution in [1.82, 2.24) is 5.32 Å². The fourth-order valence-electron chi connectivity index (χ4n) is 2.84. The molecule has 2 nitrogen and oxygen atoms in total. The monoisotopic (exact) mass is 275 g/mol. The maximum Gasteiger partial charge on any atom is 0.0661 e. The lowest BCUT2D eigenvalue weighted by atomic mass is 9.77. The van der Waals surface area contributed by atoms with Gasteiger partial charge in [-0.2, -0.15) is 0 Å². The van der Waals surface area contributed by atoms with Crippen molar-refractivity contribution >= 4 is 0 Å². The predicted octanol–water partition coefficient (Wildman–Crippen LogP) is 4.42. The van der Waals surface area contributed by atoms with Crippen molar-refractivity contribution in [2.24, 2.45) is 0 Å². The van der Waals surface area contributed by atoms with Crippen LogP contribution >= 0.6 is 0 Å². The zero-order valence-corrected chi connectivity index (χ0v) is 13.0. The van der Waals surface area contributed by atoms with Gasteiger partial charge in [0.2, 0.25) is 0 Å². The van der Waals surface area contributed by atoms with Gasteiger partial charge in [0.25, 0.3) is 0 Å². The lowest BCUT2D eigenvalue weighted by Gasteiger charge is -2.31. The van der Waals surface area contributed by atoms with Crippen molar-refractivity contribution in [2.75, 3.05) is 19.8 Å². The number of rotatable bonds is 9. The average Bonchev–Trinajstić information content (AvgIpc) is 2.42. The first-order valence-electron chi connectivity index (χ1n) is 8.26. The largest absolute Gasteiger partial charge is 0.379 e. The summed E-state index contributed by atoms with van der Waals surface area (Å²) in [6.45, 7) is 7.08. The van der Waals surface area contributed by atoms with Crippen LogP contribution in [0.3, 0.4) is 0 Å². The van der Waals surface area contributed by atoms with Gasteiger partial charge < -0.3 is 10.1 Å². The molecule has 1 unspecified atom stereocenters. The highest BCUT2D eigenvalue weighted by atomic mass is 16.5. The zero-order chi connectivity index (χ0) is 14.2. The van der Waals surface area contributed by atoms with E-state index < -0.39 is 0 Å². The minimum Gasteiger partial charge on any atom is -0.379 e. The van der Waals surface area contributed by atoms with Gasteiger partial charge in [-0.05, 0) is 49.3 Å². The lowest BCUT2D eigenvalue weighted by Crippen LogP contribution is -2.28. The van der Waals surface area contributed by atoms with E-state index in [1.807, 2.05) is 0 Å². The number of nitrogens with one attached hydrogen (secondary N) is 1. The van der Waals surface area contributed by atoms with Crippen molar-refractivity contribution in [3.05, 3.63) is 35.4 Å². The molecule has 0 heterocycles. The van der Waals surface area contributed by atoms with Gasteiger partial charge in [-0.25, -0.2) is 0 Å². The molecule has 0 aliphatic heterocycles. The molecule has 0 bridgehead atoms. The van der Waals surface area contributed by atoms with Crippen molar-refractivity contribution in [2.45, 2.75) is 57.9 Å². The van der Waals surface area contributed by atoms with Crippen LogP contribution in [0, 0.1) is 0 Å². The molecule has 0 aromatic heterocycles. The SMILES string of the molecule is CCCNC(COCCC)c1ccccc1C1CCC1. The van der Waals surface area contributed by atoms with Gasteiger partial charge in [-0.3, -0.25) is 0 Å². The maximum atomic E-state index is 5.82. The molecular formula is C18H29NO. The second-order valence-electron chi connectivity index (χ2n) is 5.84. The van der Waals surface area contributed by atoms with Gasteiger partial charge in [0.1, 0.15) is 0 Å². The topological polar surface area (TPSA) is 21.3 Å². The molecule has 0 amide bonds. The molecule has 1 aromatic rings. The molecule has 0 radical (unpaired) electrons. The van der Waals surface area contributed by atoms with Crippen LogP contribution in [0.2, 0.25) is 0 Å². The normalized spacial score (nSPS) is 16.9. The van der Waals surface area contributed by atoms with Crippen molar-refractivity contribution in [3.63, 3.8) is 0 Å². The molecule has 2 heteroatoms. The van der Waals surface area contributed by atoms with Crippen LogP contribution in [0.5, 0.6) is 0 Å². The Kier molecular flexibility index (Phi) is 6.55. The third-order valence-corrected chi connectivity index (χ3v) is 4.19. The predicted molar refractivity (Wildman–Crippen MR) is 85.2 cm³/mol. The Bertz CT molecular complexity index is 387. The van der Waals surface area contributed by atoms with Crippen molar-refractivity contribution < 1.29 is 4.74 Å². The molecule has 20 heavy (non-hydrogen) atoms. The van der Waals surface area contributed by atoms with Crippen LogP contribution in [0.25, 0.3) is 0 Å². The van der Waals surface area contributed by atoms with E-state index in [2.05, 4.69) is 43.4 Å². The van der Waals surface area contributed by atoms with Crippen molar-refractivity contribution in [3.8, 4) is 0 Å². The minimum absolute atomic E-state index is 0.346. The smallest absolute Gasteiger partial charge is 0.0661 e. The Balaban J connectivity index is 2.09. The van der Waals surface area contributed by atoms with Crippen LogP contribution in [-0.2, 0) is 4.74 Å². The first kappa shape index (κ1) is 15.5. The molecule has 1 N–H and O–H groups in total. The van der Waals surface area contributed by atoms with Crippen molar-refractivity contribution in [1.29, 1.82) is 0 Å². The molecular weight excluding hydrogens is 246 g/mol. The number of hydrogen-bond donors (Lipinski definition) is 1. The van der Waals surface area contributed by atoms with E-state index >= 15 is 0 Å². The quantitative estimate of drug-likeness (QED) is 0.674. The number of ether oxygens (including phenoxy) is 1. The number of hydrogen-bond acceptors (Lipinski definition) is 2. The Morgan fingerprint density at radius 1 is 1.20 bits per heavy atom. The molecule has 1 aromatic carbocycles. The summed E-state index contributed by atoms with van der Waals surface area (Å²) in [6.07, 6.45) is 6.35. The van der Waals surface area contributed by atoms with Gasteiger partial charge in [0, 0.05) is 6.61 Å². The third kappa shape index (κ3) is 4.07. The lowest BCUT2D eigenvalue weighted by molar-refractivity contribution is 0.111. The van der Waals surface area contributed by atoms with Gasteiger partial charge in [-0.1, -0.05) is 44.5 Å². The van der Waals surface area contributed by atoms with Crippen LogP contribution in [-0.4, -0.2) is 19.8 Å². The molecule has 0 spiro atoms. The third-order valence-electron chi connectivity index (χ3n) is 4.19. The standard InChI is InChI=1S/C18H29NO/c1-3-12-19-18(14-20-13-4-2)17-11-6-5-10-16(17)15-8-7-9-15/h5-6,10-11,15,18-19H,3-4,7-9,12-14H2,1-2H3. The molecule has 1 fully saturated rings. The Morgan fingerprint density at radius 2 is 2.00 bits per heavy atom. The summed E-state index contributed by atoms with van der Waals surface area (Å²) in [5.41, 5.74) is 3.01. The second kappa shape index (κ2) is 8.43. The Morgan fingerprint density at radius 3 is 2.65 bits per heavy atom. The highest BCUT2D eigenvalue weighted by Gasteiger charge is 2.24. The summed E-state index contributed by atoms with van der Waals surface area (Å²) in [5.74, 6) is 0.781. The summed E-state index contributed by atoms with van der Waals surface area (Å²) >= 11 is 0. The summed E-state index contributed by atoms with van der Waals surface area (Å²) in [4.78, 5) is 0. The average molecular weight is 275 g/mol. The van der Waals surface area contributed by atoms with Crippen LogP contribution < -0.4 is 5.32 Å². The van der Waals surface area contributed by atoms with Crippen LogP contribution in [0.15, 0.2) is 24.3 Å². The summed E-state index contributed by atoms with van der Waals surface area (Å²) < 4.78 is 5.82. The minimum atomic E-state index is 0.346. The van der Waals surface area contributed by atoms with Gasteiger partial charge >= 0.3 is 0 Å². The summed E-state index contributed by atoms with van der Waals surface area (Å²) in [6, 6.07) is 9.30. The number of benzene rings is 1. The van der Waals surface area contributed by atoms with E-state index in [9.17, 15) is 0 Å². The Hall–Kier alpha value is -0.860. The van der Waals surface area contributed by atoms with E-state index in [0.717, 1.165) is 38.5 Å². The van der Waals surface area contributed by atoms with Gasteiger partial charge in [0.05, 0.1) is 12.6 Å². The first-order valence-corrected chi connectivity index (χ1v) is 8.26. The molecule has 0 saturated heterocycles. The Labute approximate surface area is 123 Å². The molecule has 112 valence electrons. The summed E-state index contributed by atoms with van der Waals surface area (Å²) in [5, 5.41) is 3.66. The summed E-state index contributed by atoms with van der Waals surface area (Å²) in [7, 11) is 0. The fraction of sp³-hybridized carbons (Fsp3) is 0.667. The van der Waals surface area contributed by atoms with Crippen LogP contribution in [0.1, 0.15) is 69.0 Å². The van der Waals surface area contributed by atoms with Gasteiger partial charge in [-0.15, -0.1) is 0 Å². The van der Waals surface area contributed by atoms with E-state index in [1.54, 1.807) is 5.56 Å². The van der Waals surface area contributed by atoms with E-state index in [1.165, 1.54) is 24.8 Å². The fourth-order valence-corrected chi connectivity index (χ4v) is 2.84. The molecule has 1 atom stereocenters. The van der Waals surface area contributed by atoms with Crippen LogP contribution in [0.4, 0.5) is 0 Å². The molecule has 1 aliphatic carbocycles. The van der Waals surface area contributed by atoms with E-state index in [4.69, 9.17) is 4.74 Å². The molecule has 1 saturated carbocycles. The van der Waals surface area contributed by atoms with E-state index in [-0.39, 0.29) is 0 Å². The zero-order valence-electron chi connectivity index (χ0n) is 13.0. The molecule has 1 aliphatic rings. The van der Waals surface area contributed by atoms with E-state index in [0.29, 0.717) is 6.04 Å².